The van der Waals surface area contributed by atoms with Crippen LogP contribution in [0.5, 0.6) is 5.75 Å². The number of thiophene rings is 1. The van der Waals surface area contributed by atoms with E-state index < -0.39 is 6.10 Å². The van der Waals surface area contributed by atoms with Crippen molar-refractivity contribution in [3.05, 3.63) is 45.3 Å². The standard InChI is InChI=1S/C19H20ClNO4S/c1-3-24-19(23)16-14-8-5-9-15(14)26-18(16)21-17(22)11(2)25-13-7-4-6-12(20)10-13/h4,6-7,10-11H,3,5,8-9H2,1-2H3,(H,21,22)/t11-/m1/s1. The van der Waals surface area contributed by atoms with E-state index in [0.29, 0.717) is 27.9 Å². The second kappa shape index (κ2) is 8.10. The molecule has 2 aromatic rings. The molecule has 0 bridgehead atoms. The Morgan fingerprint density at radius 1 is 1.35 bits per heavy atom. The highest BCUT2D eigenvalue weighted by atomic mass is 35.5. The average Bonchev–Trinajstić information content (AvgIpc) is 3.15. The van der Waals surface area contributed by atoms with E-state index in [2.05, 4.69) is 5.32 Å². The molecule has 3 rings (SSSR count). The maximum Gasteiger partial charge on any atom is 0.341 e. The van der Waals surface area contributed by atoms with Crippen molar-refractivity contribution in [3.8, 4) is 5.75 Å². The van der Waals surface area contributed by atoms with Crippen molar-refractivity contribution < 1.29 is 19.1 Å². The zero-order chi connectivity index (χ0) is 18.7. The summed E-state index contributed by atoms with van der Waals surface area (Å²) in [4.78, 5) is 26.0. The highest BCUT2D eigenvalue weighted by Gasteiger charge is 2.29. The van der Waals surface area contributed by atoms with Crippen molar-refractivity contribution >= 4 is 39.8 Å². The van der Waals surface area contributed by atoms with E-state index in [1.807, 2.05) is 0 Å². The third-order valence-corrected chi connectivity index (χ3v) is 5.56. The molecule has 1 aliphatic carbocycles. The van der Waals surface area contributed by atoms with Gasteiger partial charge in [-0.05, 0) is 56.9 Å². The molecule has 1 aromatic carbocycles. The first-order valence-corrected chi connectivity index (χ1v) is 9.73. The van der Waals surface area contributed by atoms with Crippen LogP contribution in [0.4, 0.5) is 5.00 Å². The van der Waals surface area contributed by atoms with Gasteiger partial charge in [0, 0.05) is 9.90 Å². The molecule has 138 valence electrons. The number of fused-ring (bicyclic) bond motifs is 1. The lowest BCUT2D eigenvalue weighted by molar-refractivity contribution is -0.122. The summed E-state index contributed by atoms with van der Waals surface area (Å²) in [6, 6.07) is 6.87. The van der Waals surface area contributed by atoms with Crippen LogP contribution >= 0.6 is 22.9 Å². The first kappa shape index (κ1) is 18.7. The van der Waals surface area contributed by atoms with Gasteiger partial charge >= 0.3 is 5.97 Å². The first-order valence-electron chi connectivity index (χ1n) is 8.54. The lowest BCUT2D eigenvalue weighted by atomic mass is 10.1. The van der Waals surface area contributed by atoms with Crippen molar-refractivity contribution in [2.24, 2.45) is 0 Å². The molecule has 26 heavy (non-hydrogen) atoms. The quantitative estimate of drug-likeness (QED) is 0.735. The maximum absolute atomic E-state index is 12.5. The number of hydrogen-bond acceptors (Lipinski definition) is 5. The molecular formula is C19H20ClNO4S. The predicted octanol–water partition coefficient (Wildman–Crippen LogP) is 4.47. The van der Waals surface area contributed by atoms with Crippen molar-refractivity contribution in [2.45, 2.75) is 39.2 Å². The fourth-order valence-electron chi connectivity index (χ4n) is 2.92. The summed E-state index contributed by atoms with van der Waals surface area (Å²) in [5, 5.41) is 3.91. The lowest BCUT2D eigenvalue weighted by Gasteiger charge is -2.15. The molecule has 0 aliphatic heterocycles. The number of carbonyl (C=O) groups is 2. The summed E-state index contributed by atoms with van der Waals surface area (Å²) in [6.07, 6.45) is 2.05. The zero-order valence-corrected chi connectivity index (χ0v) is 16.2. The molecule has 0 radical (unpaired) electrons. The van der Waals surface area contributed by atoms with Gasteiger partial charge in [-0.15, -0.1) is 11.3 Å². The number of amides is 1. The fourth-order valence-corrected chi connectivity index (χ4v) is 4.38. The monoisotopic (exact) mass is 393 g/mol. The second-order valence-electron chi connectivity index (χ2n) is 5.99. The van der Waals surface area contributed by atoms with Crippen LogP contribution < -0.4 is 10.1 Å². The van der Waals surface area contributed by atoms with Crippen LogP contribution in [0.25, 0.3) is 0 Å². The summed E-state index contributed by atoms with van der Waals surface area (Å²) in [6.45, 7) is 3.72. The Morgan fingerprint density at radius 3 is 2.88 bits per heavy atom. The Hall–Kier alpha value is -2.05. The minimum atomic E-state index is -0.736. The van der Waals surface area contributed by atoms with E-state index in [0.717, 1.165) is 29.7 Å². The van der Waals surface area contributed by atoms with Crippen molar-refractivity contribution in [1.29, 1.82) is 0 Å². The number of halogens is 1. The number of benzene rings is 1. The molecule has 1 aromatic heterocycles. The smallest absolute Gasteiger partial charge is 0.341 e. The zero-order valence-electron chi connectivity index (χ0n) is 14.6. The third kappa shape index (κ3) is 4.02. The molecule has 1 aliphatic rings. The Labute approximate surface area is 161 Å². The molecule has 0 saturated heterocycles. The van der Waals surface area contributed by atoms with E-state index in [9.17, 15) is 9.59 Å². The van der Waals surface area contributed by atoms with Gasteiger partial charge in [-0.1, -0.05) is 17.7 Å². The molecule has 1 heterocycles. The van der Waals surface area contributed by atoms with Gasteiger partial charge in [0.05, 0.1) is 12.2 Å². The van der Waals surface area contributed by atoms with Gasteiger partial charge in [-0.3, -0.25) is 4.79 Å². The van der Waals surface area contributed by atoms with Crippen LogP contribution in [0, 0.1) is 0 Å². The fraction of sp³-hybridized carbons (Fsp3) is 0.368. The van der Waals surface area contributed by atoms with Gasteiger partial charge < -0.3 is 14.8 Å². The molecule has 1 N–H and O–H groups in total. The lowest BCUT2D eigenvalue weighted by Crippen LogP contribution is -2.30. The number of aryl methyl sites for hydroxylation is 1. The normalized spacial score (nSPS) is 13.8. The highest BCUT2D eigenvalue weighted by Crippen LogP contribution is 2.39. The Morgan fingerprint density at radius 2 is 2.15 bits per heavy atom. The molecule has 7 heteroatoms. The van der Waals surface area contributed by atoms with Gasteiger partial charge in [-0.2, -0.15) is 0 Å². The van der Waals surface area contributed by atoms with E-state index in [-0.39, 0.29) is 11.9 Å². The van der Waals surface area contributed by atoms with Crippen LogP contribution in [0.1, 0.15) is 41.1 Å². The molecular weight excluding hydrogens is 374 g/mol. The molecule has 1 atom stereocenters. The summed E-state index contributed by atoms with van der Waals surface area (Å²) in [5.74, 6) is -0.194. The maximum atomic E-state index is 12.5. The number of esters is 1. The number of hydrogen-bond donors (Lipinski definition) is 1. The van der Waals surface area contributed by atoms with E-state index >= 15 is 0 Å². The van der Waals surface area contributed by atoms with E-state index in [1.54, 1.807) is 38.1 Å². The van der Waals surface area contributed by atoms with Gasteiger partial charge in [-0.25, -0.2) is 4.79 Å². The summed E-state index contributed by atoms with van der Waals surface area (Å²) >= 11 is 7.38. The molecule has 0 fully saturated rings. The van der Waals surface area contributed by atoms with Crippen molar-refractivity contribution in [2.75, 3.05) is 11.9 Å². The largest absolute Gasteiger partial charge is 0.481 e. The average molecular weight is 394 g/mol. The number of anilines is 1. The highest BCUT2D eigenvalue weighted by molar-refractivity contribution is 7.17. The SMILES string of the molecule is CCOC(=O)c1c(NC(=O)[C@@H](C)Oc2cccc(Cl)c2)sc2c1CCC2. The molecule has 0 saturated carbocycles. The second-order valence-corrected chi connectivity index (χ2v) is 7.53. The number of carbonyl (C=O) groups excluding carboxylic acids is 2. The van der Waals surface area contributed by atoms with E-state index in [4.69, 9.17) is 21.1 Å². The van der Waals surface area contributed by atoms with Crippen molar-refractivity contribution in [1.82, 2.24) is 0 Å². The summed E-state index contributed by atoms with van der Waals surface area (Å²) < 4.78 is 10.8. The van der Waals surface area contributed by atoms with Gasteiger partial charge in [0.2, 0.25) is 0 Å². The van der Waals surface area contributed by atoms with Crippen LogP contribution in [0.15, 0.2) is 24.3 Å². The third-order valence-electron chi connectivity index (χ3n) is 4.12. The number of ether oxygens (including phenoxy) is 2. The minimum absolute atomic E-state index is 0.297. The molecule has 0 spiro atoms. The van der Waals surface area contributed by atoms with Gasteiger partial charge in [0.1, 0.15) is 10.8 Å². The number of nitrogens with one attached hydrogen (secondary N) is 1. The van der Waals surface area contributed by atoms with E-state index in [1.165, 1.54) is 11.3 Å². The minimum Gasteiger partial charge on any atom is -0.481 e. The Bertz CT molecular complexity index is 833. The Balaban J connectivity index is 1.75. The number of rotatable bonds is 6. The van der Waals surface area contributed by atoms with Crippen molar-refractivity contribution in [3.63, 3.8) is 0 Å². The van der Waals surface area contributed by atoms with Crippen LogP contribution in [-0.4, -0.2) is 24.6 Å². The van der Waals surface area contributed by atoms with Crippen LogP contribution in [0.3, 0.4) is 0 Å². The summed E-state index contributed by atoms with van der Waals surface area (Å²) in [5.41, 5.74) is 1.50. The summed E-state index contributed by atoms with van der Waals surface area (Å²) in [7, 11) is 0. The Kier molecular flexibility index (Phi) is 5.84. The van der Waals surface area contributed by atoms with Crippen LogP contribution in [-0.2, 0) is 22.4 Å². The topological polar surface area (TPSA) is 64.6 Å². The van der Waals surface area contributed by atoms with Gasteiger partial charge in [0.15, 0.2) is 6.10 Å². The molecule has 5 nitrogen and oxygen atoms in total. The van der Waals surface area contributed by atoms with Gasteiger partial charge in [0.25, 0.3) is 5.91 Å². The van der Waals surface area contributed by atoms with Crippen LogP contribution in [0.2, 0.25) is 5.02 Å². The molecule has 1 amide bonds. The predicted molar refractivity (Wildman–Crippen MR) is 102 cm³/mol. The first-order chi connectivity index (χ1) is 12.5. The molecule has 0 unspecified atom stereocenters.